The first-order valence-electron chi connectivity index (χ1n) is 8.90. The number of ether oxygens (including phenoxy) is 5. The van der Waals surface area contributed by atoms with Crippen molar-refractivity contribution in [2.75, 3.05) is 33.8 Å². The van der Waals surface area contributed by atoms with Crippen LogP contribution in [0.1, 0.15) is 17.3 Å². The standard InChI is InChI=1S/C20H22N2O9/c1-11(19(23)21-14-7-6-12(22(25)26)8-16(14)28-3)31-20(24)13-9-17(29-4)18(30-5)10-15(13)27-2/h6-11H,1-5H3,(H,21,23)/t11-/m0/s1. The average Bonchev–Trinajstić information content (AvgIpc) is 2.77. The third kappa shape index (κ3) is 5.32. The van der Waals surface area contributed by atoms with Crippen molar-refractivity contribution in [2.24, 2.45) is 0 Å². The second-order valence-electron chi connectivity index (χ2n) is 6.09. The summed E-state index contributed by atoms with van der Waals surface area (Å²) in [5.41, 5.74) is 0.0206. The fourth-order valence-electron chi connectivity index (χ4n) is 2.60. The maximum atomic E-state index is 12.6. The first-order valence-corrected chi connectivity index (χ1v) is 8.90. The fraction of sp³-hybridized carbons (Fsp3) is 0.300. The lowest BCUT2D eigenvalue weighted by Gasteiger charge is -2.17. The average molecular weight is 434 g/mol. The molecule has 1 atom stereocenters. The Kier molecular flexibility index (Phi) is 7.61. The summed E-state index contributed by atoms with van der Waals surface area (Å²) in [4.78, 5) is 35.4. The summed E-state index contributed by atoms with van der Waals surface area (Å²) in [6, 6.07) is 6.54. The monoisotopic (exact) mass is 434 g/mol. The van der Waals surface area contributed by atoms with Crippen LogP contribution in [0.3, 0.4) is 0 Å². The number of esters is 1. The molecule has 11 heteroatoms. The first kappa shape index (κ1) is 23.3. The molecule has 31 heavy (non-hydrogen) atoms. The molecule has 2 rings (SSSR count). The lowest BCUT2D eigenvalue weighted by Crippen LogP contribution is -2.30. The van der Waals surface area contributed by atoms with Crippen LogP contribution in [0.25, 0.3) is 0 Å². The second kappa shape index (κ2) is 10.1. The highest BCUT2D eigenvalue weighted by Crippen LogP contribution is 2.35. The Morgan fingerprint density at radius 1 is 0.903 bits per heavy atom. The summed E-state index contributed by atoms with van der Waals surface area (Å²) in [7, 11) is 5.53. The molecule has 11 nitrogen and oxygen atoms in total. The summed E-state index contributed by atoms with van der Waals surface area (Å²) in [6.45, 7) is 1.37. The zero-order chi connectivity index (χ0) is 23.1. The predicted octanol–water partition coefficient (Wildman–Crippen LogP) is 2.81. The number of nitrogens with zero attached hydrogens (tertiary/aromatic N) is 1. The van der Waals surface area contributed by atoms with Crippen LogP contribution in [0.4, 0.5) is 11.4 Å². The number of nitro benzene ring substituents is 1. The maximum Gasteiger partial charge on any atom is 0.342 e. The van der Waals surface area contributed by atoms with E-state index in [-0.39, 0.29) is 34.2 Å². The molecular weight excluding hydrogens is 412 g/mol. The van der Waals surface area contributed by atoms with E-state index in [4.69, 9.17) is 23.7 Å². The largest absolute Gasteiger partial charge is 0.496 e. The molecule has 0 fully saturated rings. The van der Waals surface area contributed by atoms with Crippen molar-refractivity contribution in [1.29, 1.82) is 0 Å². The van der Waals surface area contributed by atoms with Gasteiger partial charge >= 0.3 is 5.97 Å². The fourth-order valence-corrected chi connectivity index (χ4v) is 2.60. The highest BCUT2D eigenvalue weighted by molar-refractivity contribution is 5.99. The summed E-state index contributed by atoms with van der Waals surface area (Å²) in [6.07, 6.45) is -1.20. The van der Waals surface area contributed by atoms with Gasteiger partial charge in [0.2, 0.25) is 0 Å². The number of non-ortho nitro benzene ring substituents is 1. The van der Waals surface area contributed by atoms with Gasteiger partial charge in [0.05, 0.1) is 45.1 Å². The number of hydrogen-bond donors (Lipinski definition) is 1. The molecule has 166 valence electrons. The van der Waals surface area contributed by atoms with Crippen molar-refractivity contribution in [3.8, 4) is 23.0 Å². The number of amides is 1. The van der Waals surface area contributed by atoms with E-state index in [1.165, 1.54) is 65.7 Å². The summed E-state index contributed by atoms with van der Waals surface area (Å²) >= 11 is 0. The third-order valence-electron chi connectivity index (χ3n) is 4.23. The van der Waals surface area contributed by atoms with Gasteiger partial charge in [-0.1, -0.05) is 0 Å². The minimum absolute atomic E-state index is 0.0349. The molecule has 0 radical (unpaired) electrons. The topological polar surface area (TPSA) is 135 Å². The van der Waals surface area contributed by atoms with Crippen molar-refractivity contribution in [1.82, 2.24) is 0 Å². The van der Waals surface area contributed by atoms with Gasteiger partial charge in [-0.3, -0.25) is 14.9 Å². The number of hydrogen-bond acceptors (Lipinski definition) is 9. The van der Waals surface area contributed by atoms with Crippen molar-refractivity contribution in [3.05, 3.63) is 46.0 Å². The van der Waals surface area contributed by atoms with E-state index in [1.807, 2.05) is 0 Å². The lowest BCUT2D eigenvalue weighted by atomic mass is 10.1. The first-order chi connectivity index (χ1) is 14.7. The molecule has 1 N–H and O–H groups in total. The zero-order valence-corrected chi connectivity index (χ0v) is 17.6. The number of rotatable bonds is 9. The SMILES string of the molecule is COc1cc([N+](=O)[O-])ccc1NC(=O)[C@H](C)OC(=O)c1cc(OC)c(OC)cc1OC. The normalized spacial score (nSPS) is 11.1. The van der Waals surface area contributed by atoms with Gasteiger partial charge in [-0.25, -0.2) is 4.79 Å². The quantitative estimate of drug-likeness (QED) is 0.359. The van der Waals surface area contributed by atoms with E-state index in [0.717, 1.165) is 0 Å². The van der Waals surface area contributed by atoms with Gasteiger partial charge in [0.25, 0.3) is 11.6 Å². The van der Waals surface area contributed by atoms with Crippen LogP contribution < -0.4 is 24.3 Å². The molecule has 0 aromatic heterocycles. The maximum absolute atomic E-state index is 12.6. The van der Waals surface area contributed by atoms with E-state index >= 15 is 0 Å². The summed E-state index contributed by atoms with van der Waals surface area (Å²) in [5, 5.41) is 13.4. The molecule has 0 unspecified atom stereocenters. The van der Waals surface area contributed by atoms with Crippen molar-refractivity contribution in [2.45, 2.75) is 13.0 Å². The number of methoxy groups -OCH3 is 4. The predicted molar refractivity (Wildman–Crippen MR) is 109 cm³/mol. The third-order valence-corrected chi connectivity index (χ3v) is 4.23. The molecule has 1 amide bonds. The van der Waals surface area contributed by atoms with Crippen molar-refractivity contribution < 1.29 is 38.2 Å². The molecule has 0 aliphatic heterocycles. The van der Waals surface area contributed by atoms with Crippen LogP contribution in [-0.4, -0.2) is 51.3 Å². The van der Waals surface area contributed by atoms with E-state index in [9.17, 15) is 19.7 Å². The Hall–Kier alpha value is -4.02. The summed E-state index contributed by atoms with van der Waals surface area (Å²) < 4.78 is 25.9. The molecule has 2 aromatic rings. The second-order valence-corrected chi connectivity index (χ2v) is 6.09. The Morgan fingerprint density at radius 3 is 2.03 bits per heavy atom. The number of nitrogens with one attached hydrogen (secondary N) is 1. The van der Waals surface area contributed by atoms with Crippen molar-refractivity contribution >= 4 is 23.3 Å². The van der Waals surface area contributed by atoms with Crippen molar-refractivity contribution in [3.63, 3.8) is 0 Å². The van der Waals surface area contributed by atoms with Gasteiger partial charge in [0.1, 0.15) is 17.1 Å². The van der Waals surface area contributed by atoms with Crippen LogP contribution in [0.5, 0.6) is 23.0 Å². The van der Waals surface area contributed by atoms with Gasteiger partial charge in [-0.05, 0) is 13.0 Å². The molecule has 0 saturated heterocycles. The molecule has 0 heterocycles. The Bertz CT molecular complexity index is 991. The molecule has 2 aromatic carbocycles. The van der Waals surface area contributed by atoms with Crippen LogP contribution in [0.15, 0.2) is 30.3 Å². The molecule has 0 aliphatic rings. The molecule has 0 spiro atoms. The molecule has 0 aliphatic carbocycles. The summed E-state index contributed by atoms with van der Waals surface area (Å²) in [5.74, 6) is -0.596. The van der Waals surface area contributed by atoms with Gasteiger partial charge in [-0.2, -0.15) is 0 Å². The van der Waals surface area contributed by atoms with E-state index in [0.29, 0.717) is 5.75 Å². The van der Waals surface area contributed by atoms with Gasteiger partial charge in [0, 0.05) is 18.2 Å². The minimum Gasteiger partial charge on any atom is -0.496 e. The molecular formula is C20H22N2O9. The van der Waals surface area contributed by atoms with Gasteiger partial charge < -0.3 is 29.0 Å². The van der Waals surface area contributed by atoms with E-state index < -0.39 is 22.9 Å². The van der Waals surface area contributed by atoms with Crippen LogP contribution in [-0.2, 0) is 9.53 Å². The highest BCUT2D eigenvalue weighted by atomic mass is 16.6. The minimum atomic E-state index is -1.20. The van der Waals surface area contributed by atoms with E-state index in [1.54, 1.807) is 0 Å². The Morgan fingerprint density at radius 2 is 1.48 bits per heavy atom. The Balaban J connectivity index is 2.18. The highest BCUT2D eigenvalue weighted by Gasteiger charge is 2.24. The number of anilines is 1. The number of benzene rings is 2. The van der Waals surface area contributed by atoms with E-state index in [2.05, 4.69) is 5.32 Å². The molecule has 0 saturated carbocycles. The van der Waals surface area contributed by atoms with Crippen LogP contribution in [0, 0.1) is 10.1 Å². The lowest BCUT2D eigenvalue weighted by molar-refractivity contribution is -0.384. The number of carbonyl (C=O) groups excluding carboxylic acids is 2. The number of carbonyl (C=O) groups is 2. The molecule has 0 bridgehead atoms. The van der Waals surface area contributed by atoms with Crippen LogP contribution >= 0.6 is 0 Å². The smallest absolute Gasteiger partial charge is 0.342 e. The van der Waals surface area contributed by atoms with Gasteiger partial charge in [0.15, 0.2) is 17.6 Å². The Labute approximate surface area is 178 Å². The van der Waals surface area contributed by atoms with Gasteiger partial charge in [-0.15, -0.1) is 0 Å². The number of nitro groups is 1. The zero-order valence-electron chi connectivity index (χ0n) is 17.6. The van der Waals surface area contributed by atoms with Crippen LogP contribution in [0.2, 0.25) is 0 Å².